The van der Waals surface area contributed by atoms with Gasteiger partial charge >= 0.3 is 0 Å². The number of amides is 1. The van der Waals surface area contributed by atoms with E-state index >= 15 is 0 Å². The number of rotatable bonds is 8. The number of para-hydroxylation sites is 1. The molecule has 7 heteroatoms. The van der Waals surface area contributed by atoms with Crippen molar-refractivity contribution < 1.29 is 13.2 Å². The van der Waals surface area contributed by atoms with E-state index in [1.165, 1.54) is 10.9 Å². The molecule has 0 aliphatic carbocycles. The summed E-state index contributed by atoms with van der Waals surface area (Å²) in [7, 11) is -3.34. The summed E-state index contributed by atoms with van der Waals surface area (Å²) >= 11 is 0. The Kier molecular flexibility index (Phi) is 6.53. The quantitative estimate of drug-likeness (QED) is 0.512. The zero-order valence-corrected chi connectivity index (χ0v) is 19.0. The summed E-state index contributed by atoms with van der Waals surface area (Å²) in [5.74, 6) is -0.0627. The van der Waals surface area contributed by atoms with Gasteiger partial charge in [-0.2, -0.15) is 0 Å². The van der Waals surface area contributed by atoms with Crippen LogP contribution >= 0.6 is 0 Å². The number of nitrogens with one attached hydrogen (secondary N) is 2. The molecule has 0 unspecified atom stereocenters. The highest BCUT2D eigenvalue weighted by molar-refractivity contribution is 7.90. The third-order valence-corrected chi connectivity index (χ3v) is 7.50. The Bertz CT molecular complexity index is 1160. The number of unbranched alkanes of at least 4 members (excludes halogenated alkanes) is 1. The van der Waals surface area contributed by atoms with Crippen LogP contribution in [0.4, 0.5) is 5.69 Å². The van der Waals surface area contributed by atoms with E-state index in [2.05, 4.69) is 39.7 Å². The zero-order chi connectivity index (χ0) is 21.9. The van der Waals surface area contributed by atoms with Crippen LogP contribution in [0, 0.1) is 0 Å². The van der Waals surface area contributed by atoms with E-state index in [1.807, 2.05) is 24.3 Å². The summed E-state index contributed by atoms with van der Waals surface area (Å²) < 4.78 is 28.1. The minimum Gasteiger partial charge on any atom is -0.341 e. The topological polar surface area (TPSA) is 80.2 Å². The van der Waals surface area contributed by atoms with Crippen molar-refractivity contribution in [1.29, 1.82) is 0 Å². The number of sulfonamides is 1. The van der Waals surface area contributed by atoms with Gasteiger partial charge in [-0.05, 0) is 64.8 Å². The minimum atomic E-state index is -3.34. The second kappa shape index (κ2) is 8.78. The molecular formula is C23H31N3O3S. The molecular weight excluding hydrogens is 398 g/mol. The van der Waals surface area contributed by atoms with Crippen LogP contribution in [0.15, 0.2) is 42.5 Å². The van der Waals surface area contributed by atoms with Crippen LogP contribution in [0.3, 0.4) is 0 Å². The summed E-state index contributed by atoms with van der Waals surface area (Å²) in [6, 6.07) is 14.3. The molecule has 1 amide bonds. The molecule has 0 fully saturated rings. The molecule has 0 radical (unpaired) electrons. The monoisotopic (exact) mass is 429 g/mol. The smallest absolute Gasteiger partial charge is 0.224 e. The summed E-state index contributed by atoms with van der Waals surface area (Å²) in [5.41, 5.74) is 3.12. The van der Waals surface area contributed by atoms with Gasteiger partial charge in [0.15, 0.2) is 0 Å². The van der Waals surface area contributed by atoms with E-state index < -0.39 is 14.8 Å². The number of carbonyl (C=O) groups is 1. The van der Waals surface area contributed by atoms with Crippen LogP contribution in [0.2, 0.25) is 0 Å². The molecule has 3 aromatic rings. The Morgan fingerprint density at radius 2 is 1.70 bits per heavy atom. The first kappa shape index (κ1) is 22.3. The highest BCUT2D eigenvalue weighted by Gasteiger charge is 2.27. The number of anilines is 1. The average Bonchev–Trinajstić information content (AvgIpc) is 3.00. The fourth-order valence-corrected chi connectivity index (χ4v) is 4.38. The van der Waals surface area contributed by atoms with E-state index in [0.29, 0.717) is 25.8 Å². The molecule has 30 heavy (non-hydrogen) atoms. The SMILES string of the molecule is CCn1c2ccccc2c2cc(NC(=O)CCCCNS(=O)(=O)C(C)(C)C)ccc21. The molecule has 0 spiro atoms. The number of aryl methyl sites for hydroxylation is 1. The lowest BCUT2D eigenvalue weighted by Crippen LogP contribution is -2.39. The second-order valence-corrected chi connectivity index (χ2v) is 11.0. The lowest BCUT2D eigenvalue weighted by Gasteiger charge is -2.19. The second-order valence-electron chi connectivity index (χ2n) is 8.51. The third-order valence-electron chi connectivity index (χ3n) is 5.30. The van der Waals surface area contributed by atoms with Crippen molar-refractivity contribution in [2.75, 3.05) is 11.9 Å². The molecule has 6 nitrogen and oxygen atoms in total. The van der Waals surface area contributed by atoms with E-state index in [-0.39, 0.29) is 5.91 Å². The van der Waals surface area contributed by atoms with Crippen molar-refractivity contribution in [3.8, 4) is 0 Å². The van der Waals surface area contributed by atoms with Crippen LogP contribution in [0.25, 0.3) is 21.8 Å². The van der Waals surface area contributed by atoms with Gasteiger partial charge in [0.2, 0.25) is 15.9 Å². The predicted octanol–water partition coefficient (Wildman–Crippen LogP) is 4.64. The highest BCUT2D eigenvalue weighted by Crippen LogP contribution is 2.31. The van der Waals surface area contributed by atoms with Crippen molar-refractivity contribution in [2.45, 2.75) is 58.2 Å². The fraction of sp³-hybridized carbons (Fsp3) is 0.435. The molecule has 0 saturated carbocycles. The summed E-state index contributed by atoms with van der Waals surface area (Å²) in [6.45, 7) is 8.35. The van der Waals surface area contributed by atoms with Crippen molar-refractivity contribution in [2.24, 2.45) is 0 Å². The van der Waals surface area contributed by atoms with Gasteiger partial charge in [0.1, 0.15) is 0 Å². The van der Waals surface area contributed by atoms with E-state index in [4.69, 9.17) is 0 Å². The maximum Gasteiger partial charge on any atom is 0.224 e. The Morgan fingerprint density at radius 1 is 1.00 bits per heavy atom. The largest absolute Gasteiger partial charge is 0.341 e. The number of hydrogen-bond acceptors (Lipinski definition) is 3. The van der Waals surface area contributed by atoms with Gasteiger partial charge in [-0.3, -0.25) is 4.79 Å². The third kappa shape index (κ3) is 4.68. The first-order valence-electron chi connectivity index (χ1n) is 10.4. The fourth-order valence-electron chi connectivity index (χ4n) is 3.53. The predicted molar refractivity (Wildman–Crippen MR) is 124 cm³/mol. The van der Waals surface area contributed by atoms with Gasteiger partial charge in [0.25, 0.3) is 0 Å². The Labute approximate surface area is 178 Å². The average molecular weight is 430 g/mol. The number of carbonyl (C=O) groups excluding carboxylic acids is 1. The van der Waals surface area contributed by atoms with Crippen molar-refractivity contribution in [3.05, 3.63) is 42.5 Å². The first-order chi connectivity index (χ1) is 14.1. The van der Waals surface area contributed by atoms with Gasteiger partial charge in [-0.15, -0.1) is 0 Å². The van der Waals surface area contributed by atoms with Gasteiger partial charge < -0.3 is 9.88 Å². The molecule has 2 aromatic carbocycles. The molecule has 162 valence electrons. The van der Waals surface area contributed by atoms with Crippen molar-refractivity contribution in [1.82, 2.24) is 9.29 Å². The lowest BCUT2D eigenvalue weighted by atomic mass is 10.1. The summed E-state index contributed by atoms with van der Waals surface area (Å²) in [5, 5.41) is 5.27. The summed E-state index contributed by atoms with van der Waals surface area (Å²) in [4.78, 5) is 12.3. The molecule has 0 aliphatic heterocycles. The molecule has 2 N–H and O–H groups in total. The maximum atomic E-state index is 12.3. The number of fused-ring (bicyclic) bond motifs is 3. The highest BCUT2D eigenvalue weighted by atomic mass is 32.2. The van der Waals surface area contributed by atoms with Gasteiger partial charge in [-0.25, -0.2) is 13.1 Å². The minimum absolute atomic E-state index is 0.0627. The molecule has 1 heterocycles. The van der Waals surface area contributed by atoms with E-state index in [9.17, 15) is 13.2 Å². The normalized spacial score (nSPS) is 12.5. The summed E-state index contributed by atoms with van der Waals surface area (Å²) in [6.07, 6.45) is 1.59. The lowest BCUT2D eigenvalue weighted by molar-refractivity contribution is -0.116. The molecule has 0 atom stereocenters. The molecule has 0 saturated heterocycles. The Hall–Kier alpha value is -2.38. The van der Waals surface area contributed by atoms with Crippen LogP contribution in [-0.2, 0) is 21.4 Å². The number of hydrogen-bond donors (Lipinski definition) is 2. The number of nitrogens with zero attached hydrogens (tertiary/aromatic N) is 1. The first-order valence-corrected chi connectivity index (χ1v) is 11.9. The van der Waals surface area contributed by atoms with Crippen LogP contribution in [0.5, 0.6) is 0 Å². The van der Waals surface area contributed by atoms with Crippen LogP contribution < -0.4 is 10.0 Å². The van der Waals surface area contributed by atoms with Gasteiger partial charge in [0.05, 0.1) is 4.75 Å². The standard InChI is InChI=1S/C23H31N3O3S/c1-5-26-20-11-7-6-10-18(20)19-16-17(13-14-21(19)26)25-22(27)12-8-9-15-24-30(28,29)23(2,3)4/h6-7,10-11,13-14,16,24H,5,8-9,12,15H2,1-4H3,(H,25,27). The van der Waals surface area contributed by atoms with Crippen LogP contribution in [0.1, 0.15) is 47.0 Å². The molecule has 0 bridgehead atoms. The maximum absolute atomic E-state index is 12.3. The Morgan fingerprint density at radius 3 is 2.40 bits per heavy atom. The van der Waals surface area contributed by atoms with E-state index in [0.717, 1.165) is 23.1 Å². The zero-order valence-electron chi connectivity index (χ0n) is 18.2. The Balaban J connectivity index is 1.59. The van der Waals surface area contributed by atoms with E-state index in [1.54, 1.807) is 20.8 Å². The number of aromatic nitrogens is 1. The molecule has 1 aromatic heterocycles. The van der Waals surface area contributed by atoms with Crippen LogP contribution in [-0.4, -0.2) is 30.2 Å². The molecule has 3 rings (SSSR count). The van der Waals surface area contributed by atoms with Crippen molar-refractivity contribution in [3.63, 3.8) is 0 Å². The number of benzene rings is 2. The van der Waals surface area contributed by atoms with Crippen molar-refractivity contribution >= 4 is 43.4 Å². The van der Waals surface area contributed by atoms with Gasteiger partial charge in [0, 0.05) is 47.0 Å². The molecule has 0 aliphatic rings. The van der Waals surface area contributed by atoms with Gasteiger partial charge in [-0.1, -0.05) is 18.2 Å².